The number of hydrogen-bond acceptors (Lipinski definition) is 3. The minimum Gasteiger partial charge on any atom is -0.398 e. The minimum atomic E-state index is -4.59. The van der Waals surface area contributed by atoms with Gasteiger partial charge in [-0.05, 0) is 12.1 Å². The van der Waals surface area contributed by atoms with Crippen LogP contribution in [0.25, 0.3) is 0 Å². The Hall–Kier alpha value is -1.76. The van der Waals surface area contributed by atoms with Crippen molar-refractivity contribution >= 4 is 11.6 Å². The number of nitrogens with zero attached hydrogens (tertiary/aromatic N) is 1. The highest BCUT2D eigenvalue weighted by atomic mass is 19.4. The standard InChI is InChI=1S/C9H10F3N3O/c1-15(14)8(16)5-3-2-4-6(7(5)13)9(10,11)12/h2-4H,13-14H2,1H3. The van der Waals surface area contributed by atoms with Crippen molar-refractivity contribution in [3.63, 3.8) is 0 Å². The Morgan fingerprint density at radius 1 is 1.38 bits per heavy atom. The van der Waals surface area contributed by atoms with E-state index in [0.29, 0.717) is 5.01 Å². The largest absolute Gasteiger partial charge is 0.418 e. The van der Waals surface area contributed by atoms with Gasteiger partial charge in [-0.25, -0.2) is 5.84 Å². The molecule has 4 N–H and O–H groups in total. The summed E-state index contributed by atoms with van der Waals surface area (Å²) in [5, 5.41) is 0.672. The lowest BCUT2D eigenvalue weighted by Gasteiger charge is -2.15. The van der Waals surface area contributed by atoms with Gasteiger partial charge in [0.25, 0.3) is 5.91 Å². The Morgan fingerprint density at radius 2 is 1.94 bits per heavy atom. The number of amides is 1. The Labute approximate surface area is 89.6 Å². The fraction of sp³-hybridized carbons (Fsp3) is 0.222. The Balaban J connectivity index is 3.30. The van der Waals surface area contributed by atoms with Crippen LogP contribution in [-0.4, -0.2) is 18.0 Å². The molecule has 0 radical (unpaired) electrons. The maximum atomic E-state index is 12.5. The molecule has 0 heterocycles. The highest BCUT2D eigenvalue weighted by molar-refractivity contribution is 5.99. The highest BCUT2D eigenvalue weighted by Gasteiger charge is 2.34. The summed E-state index contributed by atoms with van der Waals surface area (Å²) in [5.74, 6) is 4.37. The van der Waals surface area contributed by atoms with Crippen LogP contribution in [0.15, 0.2) is 18.2 Å². The highest BCUT2D eigenvalue weighted by Crippen LogP contribution is 2.34. The van der Waals surface area contributed by atoms with Crippen LogP contribution in [0.3, 0.4) is 0 Å². The number of para-hydroxylation sites is 1. The smallest absolute Gasteiger partial charge is 0.398 e. The summed E-state index contributed by atoms with van der Waals surface area (Å²) in [6.07, 6.45) is -4.59. The molecule has 0 fully saturated rings. The molecule has 0 saturated heterocycles. The molecular weight excluding hydrogens is 223 g/mol. The Morgan fingerprint density at radius 3 is 2.38 bits per heavy atom. The lowest BCUT2D eigenvalue weighted by molar-refractivity contribution is -0.136. The zero-order valence-electron chi connectivity index (χ0n) is 8.38. The average Bonchev–Trinajstić information content (AvgIpc) is 2.15. The van der Waals surface area contributed by atoms with E-state index in [1.54, 1.807) is 0 Å². The molecule has 1 aromatic rings. The van der Waals surface area contributed by atoms with Gasteiger partial charge < -0.3 is 5.73 Å². The van der Waals surface area contributed by atoms with E-state index in [1.165, 1.54) is 13.1 Å². The molecule has 16 heavy (non-hydrogen) atoms. The third-order valence-electron chi connectivity index (χ3n) is 1.96. The predicted molar refractivity (Wildman–Crippen MR) is 52.1 cm³/mol. The SMILES string of the molecule is CN(N)C(=O)c1cccc(C(F)(F)F)c1N. The van der Waals surface area contributed by atoms with Gasteiger partial charge in [0.1, 0.15) is 0 Å². The van der Waals surface area contributed by atoms with Gasteiger partial charge in [0.15, 0.2) is 0 Å². The lowest BCUT2D eigenvalue weighted by Crippen LogP contribution is -2.34. The van der Waals surface area contributed by atoms with E-state index in [4.69, 9.17) is 11.6 Å². The number of hydrogen-bond donors (Lipinski definition) is 2. The molecule has 0 aliphatic heterocycles. The number of hydrazine groups is 1. The fourth-order valence-electron chi connectivity index (χ4n) is 1.19. The third kappa shape index (κ3) is 2.25. The number of benzene rings is 1. The maximum absolute atomic E-state index is 12.5. The topological polar surface area (TPSA) is 72.3 Å². The van der Waals surface area contributed by atoms with Gasteiger partial charge in [0.2, 0.25) is 0 Å². The van der Waals surface area contributed by atoms with Crippen LogP contribution < -0.4 is 11.6 Å². The zero-order chi connectivity index (χ0) is 12.5. The first-order valence-electron chi connectivity index (χ1n) is 4.23. The van der Waals surface area contributed by atoms with Crippen LogP contribution in [0.4, 0.5) is 18.9 Å². The summed E-state index contributed by atoms with van der Waals surface area (Å²) in [7, 11) is 1.22. The van der Waals surface area contributed by atoms with Crippen molar-refractivity contribution in [2.75, 3.05) is 12.8 Å². The normalized spacial score (nSPS) is 11.3. The summed E-state index contributed by atoms with van der Waals surface area (Å²) < 4.78 is 37.4. The van der Waals surface area contributed by atoms with Crippen LogP contribution in [0.1, 0.15) is 15.9 Å². The van der Waals surface area contributed by atoms with Gasteiger partial charge in [-0.1, -0.05) is 6.07 Å². The Bertz CT molecular complexity index is 415. The summed E-state index contributed by atoms with van der Waals surface area (Å²) in [6.45, 7) is 0. The second-order valence-corrected chi connectivity index (χ2v) is 3.18. The first-order chi connectivity index (χ1) is 7.25. The van der Waals surface area contributed by atoms with Gasteiger partial charge in [0.05, 0.1) is 16.8 Å². The summed E-state index contributed by atoms with van der Waals surface area (Å²) in [6, 6.07) is 3.11. The number of nitrogens with two attached hydrogens (primary N) is 2. The average molecular weight is 233 g/mol. The van der Waals surface area contributed by atoms with Crippen LogP contribution >= 0.6 is 0 Å². The number of nitrogen functional groups attached to an aromatic ring is 1. The van der Waals surface area contributed by atoms with Crippen molar-refractivity contribution in [1.29, 1.82) is 0 Å². The monoisotopic (exact) mass is 233 g/mol. The first kappa shape index (κ1) is 12.3. The number of carbonyl (C=O) groups excluding carboxylic acids is 1. The lowest BCUT2D eigenvalue weighted by atomic mass is 10.1. The Kier molecular flexibility index (Phi) is 3.09. The van der Waals surface area contributed by atoms with Gasteiger partial charge in [-0.15, -0.1) is 0 Å². The first-order valence-corrected chi connectivity index (χ1v) is 4.23. The molecule has 0 unspecified atom stereocenters. The molecule has 0 spiro atoms. The van der Waals surface area contributed by atoms with Crippen LogP contribution in [-0.2, 0) is 6.18 Å². The van der Waals surface area contributed by atoms with Gasteiger partial charge in [0, 0.05) is 7.05 Å². The van der Waals surface area contributed by atoms with Gasteiger partial charge in [-0.2, -0.15) is 13.2 Å². The van der Waals surface area contributed by atoms with Gasteiger partial charge >= 0.3 is 6.18 Å². The molecule has 1 amide bonds. The predicted octanol–water partition coefficient (Wildman–Crippen LogP) is 1.23. The van der Waals surface area contributed by atoms with Crippen molar-refractivity contribution in [2.24, 2.45) is 5.84 Å². The van der Waals surface area contributed by atoms with E-state index >= 15 is 0 Å². The second kappa shape index (κ2) is 4.01. The van der Waals surface area contributed by atoms with Crippen molar-refractivity contribution in [3.05, 3.63) is 29.3 Å². The third-order valence-corrected chi connectivity index (χ3v) is 1.96. The molecule has 7 heteroatoms. The molecule has 1 rings (SSSR count). The van der Waals surface area contributed by atoms with E-state index in [-0.39, 0.29) is 5.56 Å². The van der Waals surface area contributed by atoms with Crippen LogP contribution in [0, 0.1) is 0 Å². The van der Waals surface area contributed by atoms with E-state index in [1.807, 2.05) is 0 Å². The molecule has 88 valence electrons. The fourth-order valence-corrected chi connectivity index (χ4v) is 1.19. The molecule has 0 atom stereocenters. The second-order valence-electron chi connectivity index (χ2n) is 3.18. The molecule has 0 aromatic heterocycles. The van der Waals surface area contributed by atoms with Crippen molar-refractivity contribution in [3.8, 4) is 0 Å². The molecule has 4 nitrogen and oxygen atoms in total. The molecule has 0 bridgehead atoms. The zero-order valence-corrected chi connectivity index (χ0v) is 8.38. The summed E-state index contributed by atoms with van der Waals surface area (Å²) in [5.41, 5.74) is 3.37. The van der Waals surface area contributed by atoms with E-state index < -0.39 is 23.3 Å². The van der Waals surface area contributed by atoms with Crippen molar-refractivity contribution in [1.82, 2.24) is 5.01 Å². The molecule has 0 aliphatic rings. The molecule has 0 saturated carbocycles. The van der Waals surface area contributed by atoms with Gasteiger partial charge in [-0.3, -0.25) is 9.80 Å². The summed E-state index contributed by atoms with van der Waals surface area (Å²) in [4.78, 5) is 11.4. The number of rotatable bonds is 1. The number of alkyl halides is 3. The van der Waals surface area contributed by atoms with E-state index in [2.05, 4.69) is 0 Å². The maximum Gasteiger partial charge on any atom is 0.418 e. The quantitative estimate of drug-likeness (QED) is 0.331. The van der Waals surface area contributed by atoms with E-state index in [0.717, 1.165) is 12.1 Å². The van der Waals surface area contributed by atoms with E-state index in [9.17, 15) is 18.0 Å². The minimum absolute atomic E-state index is 0.264. The molecular formula is C9H10F3N3O. The molecule has 0 aliphatic carbocycles. The molecule has 1 aromatic carbocycles. The van der Waals surface area contributed by atoms with Crippen LogP contribution in [0.2, 0.25) is 0 Å². The number of anilines is 1. The number of halogens is 3. The van der Waals surface area contributed by atoms with Crippen molar-refractivity contribution < 1.29 is 18.0 Å². The summed E-state index contributed by atoms with van der Waals surface area (Å²) >= 11 is 0. The van der Waals surface area contributed by atoms with Crippen LogP contribution in [0.5, 0.6) is 0 Å². The van der Waals surface area contributed by atoms with Crippen molar-refractivity contribution in [2.45, 2.75) is 6.18 Å². The number of carbonyl (C=O) groups is 1.